The van der Waals surface area contributed by atoms with Gasteiger partial charge in [0.15, 0.2) is 11.6 Å². The summed E-state index contributed by atoms with van der Waals surface area (Å²) in [5.41, 5.74) is 0.240. The van der Waals surface area contributed by atoms with Crippen LogP contribution < -0.4 is 0 Å². The van der Waals surface area contributed by atoms with Gasteiger partial charge in [-0.25, -0.2) is 17.2 Å². The number of hydrogen-bond acceptors (Lipinski definition) is 2. The van der Waals surface area contributed by atoms with Gasteiger partial charge in [-0.1, -0.05) is 6.92 Å². The maximum atomic E-state index is 13.9. The van der Waals surface area contributed by atoms with E-state index in [2.05, 4.69) is 0 Å². The zero-order valence-electron chi connectivity index (χ0n) is 11.2. The average molecular weight is 324 g/mol. The van der Waals surface area contributed by atoms with Crippen molar-refractivity contribution in [3.05, 3.63) is 29.3 Å². The van der Waals surface area contributed by atoms with Gasteiger partial charge in [0.25, 0.3) is 0 Å². The highest BCUT2D eigenvalue weighted by Gasteiger charge is 2.38. The van der Waals surface area contributed by atoms with Crippen LogP contribution in [0.3, 0.4) is 0 Å². The van der Waals surface area contributed by atoms with Gasteiger partial charge in [0.1, 0.15) is 4.90 Å². The number of nitrogens with zero attached hydrogens (tertiary/aromatic N) is 1. The third-order valence-electron chi connectivity index (χ3n) is 3.52. The van der Waals surface area contributed by atoms with Gasteiger partial charge in [0, 0.05) is 18.5 Å². The summed E-state index contributed by atoms with van der Waals surface area (Å²) in [6.07, 6.45) is 0.707. The van der Waals surface area contributed by atoms with E-state index in [1.165, 1.54) is 4.31 Å². The van der Waals surface area contributed by atoms with E-state index in [0.29, 0.717) is 13.0 Å². The molecule has 0 N–H and O–H groups in total. The van der Waals surface area contributed by atoms with Crippen LogP contribution in [-0.2, 0) is 15.9 Å². The van der Waals surface area contributed by atoms with Crippen molar-refractivity contribution >= 4 is 21.6 Å². The van der Waals surface area contributed by atoms with E-state index in [-0.39, 0.29) is 23.4 Å². The minimum atomic E-state index is -4.05. The number of hydrogen-bond donors (Lipinski definition) is 0. The molecule has 1 aliphatic rings. The monoisotopic (exact) mass is 323 g/mol. The average Bonchev–Trinajstić information content (AvgIpc) is 2.72. The van der Waals surface area contributed by atoms with Crippen molar-refractivity contribution in [2.24, 2.45) is 5.92 Å². The van der Waals surface area contributed by atoms with E-state index in [1.54, 1.807) is 6.92 Å². The summed E-state index contributed by atoms with van der Waals surface area (Å²) < 4.78 is 53.6. The Morgan fingerprint density at radius 2 is 2.00 bits per heavy atom. The van der Waals surface area contributed by atoms with Crippen LogP contribution in [-0.4, -0.2) is 25.3 Å². The van der Waals surface area contributed by atoms with Crippen LogP contribution in [0.15, 0.2) is 17.0 Å². The van der Waals surface area contributed by atoms with Crippen molar-refractivity contribution < 1.29 is 17.2 Å². The molecule has 0 aliphatic carbocycles. The Bertz CT molecular complexity index is 621. The SMILES string of the molecule is CC1CC(C)N(S(=O)(=O)c2cc(CCl)cc(F)c2F)C1. The molecule has 1 heterocycles. The molecule has 1 aromatic carbocycles. The Kier molecular flexibility index (Phi) is 4.37. The van der Waals surface area contributed by atoms with E-state index >= 15 is 0 Å². The van der Waals surface area contributed by atoms with Crippen molar-refractivity contribution in [2.75, 3.05) is 6.54 Å². The van der Waals surface area contributed by atoms with E-state index < -0.39 is 26.6 Å². The van der Waals surface area contributed by atoms with Crippen LogP contribution in [0.1, 0.15) is 25.8 Å². The summed E-state index contributed by atoms with van der Waals surface area (Å²) in [5.74, 6) is -2.41. The van der Waals surface area contributed by atoms with Crippen molar-refractivity contribution in [2.45, 2.75) is 37.1 Å². The summed E-state index contributed by atoms with van der Waals surface area (Å²) in [6.45, 7) is 4.01. The molecule has 1 aliphatic heterocycles. The van der Waals surface area contributed by atoms with Crippen molar-refractivity contribution in [3.8, 4) is 0 Å². The fourth-order valence-corrected chi connectivity index (χ4v) is 4.65. The van der Waals surface area contributed by atoms with Crippen molar-refractivity contribution in [3.63, 3.8) is 0 Å². The lowest BCUT2D eigenvalue weighted by atomic mass is 10.1. The molecule has 1 aromatic rings. The Morgan fingerprint density at radius 3 is 2.50 bits per heavy atom. The molecule has 2 unspecified atom stereocenters. The fourth-order valence-electron chi connectivity index (χ4n) is 2.60. The zero-order valence-corrected chi connectivity index (χ0v) is 12.8. The predicted molar refractivity (Wildman–Crippen MR) is 73.0 cm³/mol. The maximum Gasteiger partial charge on any atom is 0.246 e. The molecule has 3 nitrogen and oxygen atoms in total. The zero-order chi connectivity index (χ0) is 15.1. The summed E-state index contributed by atoms with van der Waals surface area (Å²) >= 11 is 5.59. The first-order valence-corrected chi connectivity index (χ1v) is 8.30. The van der Waals surface area contributed by atoms with Crippen LogP contribution in [0.4, 0.5) is 8.78 Å². The highest BCUT2D eigenvalue weighted by atomic mass is 35.5. The predicted octanol–water partition coefficient (Wildman–Crippen LogP) is 3.12. The van der Waals surface area contributed by atoms with Gasteiger partial charge in [-0.3, -0.25) is 0 Å². The topological polar surface area (TPSA) is 37.4 Å². The van der Waals surface area contributed by atoms with Crippen LogP contribution in [0.5, 0.6) is 0 Å². The molecule has 2 rings (SSSR count). The Balaban J connectivity index is 2.52. The Hall–Kier alpha value is -0.720. The molecule has 2 atom stereocenters. The number of alkyl halides is 1. The number of sulfonamides is 1. The van der Waals surface area contributed by atoms with Crippen molar-refractivity contribution in [1.82, 2.24) is 4.31 Å². The summed E-state index contributed by atoms with van der Waals surface area (Å²) in [7, 11) is -4.05. The van der Waals surface area contributed by atoms with Crippen molar-refractivity contribution in [1.29, 1.82) is 0 Å². The molecular formula is C13H16ClF2NO2S. The lowest BCUT2D eigenvalue weighted by Crippen LogP contribution is -2.34. The molecule has 20 heavy (non-hydrogen) atoms. The second kappa shape index (κ2) is 5.58. The third-order valence-corrected chi connectivity index (χ3v) is 5.81. The fraction of sp³-hybridized carbons (Fsp3) is 0.538. The molecule has 0 saturated carbocycles. The summed E-state index contributed by atoms with van der Waals surface area (Å²) in [6, 6.07) is 1.80. The molecular weight excluding hydrogens is 308 g/mol. The van der Waals surface area contributed by atoms with Gasteiger partial charge in [0.05, 0.1) is 0 Å². The highest BCUT2D eigenvalue weighted by Crippen LogP contribution is 2.31. The minimum absolute atomic E-state index is 0.0777. The third kappa shape index (κ3) is 2.69. The molecule has 0 aromatic heterocycles. The first kappa shape index (κ1) is 15.7. The second-order valence-corrected chi connectivity index (χ2v) is 7.41. The van der Waals surface area contributed by atoms with Gasteiger partial charge in [0.2, 0.25) is 10.0 Å². The number of rotatable bonds is 3. The first-order valence-electron chi connectivity index (χ1n) is 6.33. The lowest BCUT2D eigenvalue weighted by Gasteiger charge is -2.21. The van der Waals surface area contributed by atoms with E-state index in [4.69, 9.17) is 11.6 Å². The number of halogens is 3. The minimum Gasteiger partial charge on any atom is -0.207 e. The molecule has 0 spiro atoms. The largest absolute Gasteiger partial charge is 0.246 e. The molecule has 112 valence electrons. The lowest BCUT2D eigenvalue weighted by molar-refractivity contribution is 0.398. The Labute approximate surface area is 122 Å². The van der Waals surface area contributed by atoms with Gasteiger partial charge >= 0.3 is 0 Å². The number of benzene rings is 1. The Morgan fingerprint density at radius 1 is 1.35 bits per heavy atom. The van der Waals surface area contributed by atoms with Gasteiger partial charge in [-0.15, -0.1) is 11.6 Å². The van der Waals surface area contributed by atoms with Crippen LogP contribution in [0.25, 0.3) is 0 Å². The smallest absolute Gasteiger partial charge is 0.207 e. The first-order chi connectivity index (χ1) is 9.27. The molecule has 0 radical (unpaired) electrons. The van der Waals surface area contributed by atoms with Crippen LogP contribution >= 0.6 is 11.6 Å². The van der Waals surface area contributed by atoms with E-state index in [1.807, 2.05) is 6.92 Å². The normalized spacial score (nSPS) is 24.2. The van der Waals surface area contributed by atoms with Gasteiger partial charge in [-0.05, 0) is 37.0 Å². The molecule has 1 fully saturated rings. The molecule has 0 amide bonds. The van der Waals surface area contributed by atoms with E-state index in [9.17, 15) is 17.2 Å². The summed E-state index contributed by atoms with van der Waals surface area (Å²) in [5, 5.41) is 0. The van der Waals surface area contributed by atoms with Crippen LogP contribution in [0.2, 0.25) is 0 Å². The maximum absolute atomic E-state index is 13.9. The van der Waals surface area contributed by atoms with Crippen LogP contribution in [0, 0.1) is 17.6 Å². The summed E-state index contributed by atoms with van der Waals surface area (Å²) in [4.78, 5) is -0.630. The highest BCUT2D eigenvalue weighted by molar-refractivity contribution is 7.89. The molecule has 7 heteroatoms. The molecule has 0 bridgehead atoms. The second-order valence-electron chi connectivity index (χ2n) is 5.29. The van der Waals surface area contributed by atoms with Gasteiger partial charge < -0.3 is 0 Å². The van der Waals surface area contributed by atoms with Gasteiger partial charge in [-0.2, -0.15) is 4.31 Å². The molecule has 1 saturated heterocycles. The quantitative estimate of drug-likeness (QED) is 0.801. The standard InChI is InChI=1S/C13H16ClF2NO2S/c1-8-3-9(2)17(7-8)20(18,19)12-5-10(6-14)4-11(15)13(12)16/h4-5,8-9H,3,6-7H2,1-2H3. The van der Waals surface area contributed by atoms with E-state index in [0.717, 1.165) is 12.1 Å².